The minimum Gasteiger partial charge on any atom is -0.495 e. The van der Waals surface area contributed by atoms with E-state index >= 15 is 0 Å². The number of ether oxygens (including phenoxy) is 1. The number of para-hydroxylation sites is 2. The van der Waals surface area contributed by atoms with Gasteiger partial charge in [-0.25, -0.2) is 9.78 Å². The van der Waals surface area contributed by atoms with Crippen molar-refractivity contribution < 1.29 is 9.53 Å². The Hall–Kier alpha value is -3.79. The molecule has 2 amide bonds. The molecule has 0 bridgehead atoms. The molecule has 0 radical (unpaired) electrons. The van der Waals surface area contributed by atoms with Crippen LogP contribution in [0.3, 0.4) is 0 Å². The van der Waals surface area contributed by atoms with Gasteiger partial charge in [-0.15, -0.1) is 0 Å². The van der Waals surface area contributed by atoms with Crippen molar-refractivity contribution in [2.75, 3.05) is 43.5 Å². The second-order valence-corrected chi connectivity index (χ2v) is 7.81. The van der Waals surface area contributed by atoms with Crippen molar-refractivity contribution in [3.8, 4) is 11.8 Å². The van der Waals surface area contributed by atoms with Crippen molar-refractivity contribution in [3.05, 3.63) is 59.7 Å². The highest BCUT2D eigenvalue weighted by atomic mass is 16.5. The number of carbonyl (C=O) groups excluding carboxylic acids is 1. The molecule has 1 aliphatic rings. The number of hydrogen-bond donors (Lipinski definition) is 1. The smallest absolute Gasteiger partial charge is 0.322 e. The Bertz CT molecular complexity index is 1170. The van der Waals surface area contributed by atoms with Crippen molar-refractivity contribution in [1.82, 2.24) is 9.88 Å². The molecule has 0 aliphatic carbocycles. The molecular weight excluding hydrogens is 402 g/mol. The van der Waals surface area contributed by atoms with Gasteiger partial charge >= 0.3 is 6.03 Å². The molecule has 0 unspecified atom stereocenters. The van der Waals surface area contributed by atoms with Gasteiger partial charge in [0.05, 0.1) is 23.9 Å². The largest absolute Gasteiger partial charge is 0.495 e. The summed E-state index contributed by atoms with van der Waals surface area (Å²) in [6, 6.07) is 17.6. The molecule has 4 rings (SSSR count). The molecule has 0 saturated carbocycles. The van der Waals surface area contributed by atoms with Crippen LogP contribution in [0.15, 0.2) is 48.5 Å². The number of carbonyl (C=O) groups is 1. The van der Waals surface area contributed by atoms with Gasteiger partial charge < -0.3 is 19.9 Å². The van der Waals surface area contributed by atoms with Crippen LogP contribution in [0.4, 0.5) is 16.3 Å². The van der Waals surface area contributed by atoms with Gasteiger partial charge in [0.1, 0.15) is 17.6 Å². The van der Waals surface area contributed by atoms with Crippen molar-refractivity contribution in [2.45, 2.75) is 19.8 Å². The summed E-state index contributed by atoms with van der Waals surface area (Å²) in [6.07, 6.45) is 1.73. The molecule has 7 heteroatoms. The third-order valence-electron chi connectivity index (χ3n) is 5.82. The molecule has 0 spiro atoms. The van der Waals surface area contributed by atoms with E-state index in [-0.39, 0.29) is 6.03 Å². The maximum atomic E-state index is 12.9. The van der Waals surface area contributed by atoms with E-state index < -0.39 is 0 Å². The standard InChI is InChI=1S/C25H27N5O2/c1-3-18-9-10-21-19(15-18)16-20(17-26)24(27-21)29-11-6-12-30(14-13-29)25(31)28-22-7-4-5-8-23(22)32-2/h4-5,7-10,15-16H,3,6,11-14H2,1-2H3,(H,28,31). The monoisotopic (exact) mass is 429 g/mol. The molecule has 1 N–H and O–H groups in total. The number of urea groups is 1. The number of hydrogen-bond acceptors (Lipinski definition) is 5. The van der Waals surface area contributed by atoms with Crippen molar-refractivity contribution in [1.29, 1.82) is 5.26 Å². The molecule has 3 aromatic rings. The SMILES string of the molecule is CCc1ccc2nc(N3CCCN(C(=O)Nc4ccccc4OC)CC3)c(C#N)cc2c1. The first-order chi connectivity index (χ1) is 15.6. The highest BCUT2D eigenvalue weighted by Crippen LogP contribution is 2.26. The lowest BCUT2D eigenvalue weighted by Gasteiger charge is -2.24. The van der Waals surface area contributed by atoms with Crippen LogP contribution >= 0.6 is 0 Å². The van der Waals surface area contributed by atoms with E-state index in [0.717, 1.165) is 30.3 Å². The molecule has 164 valence electrons. The molecule has 0 atom stereocenters. The van der Waals surface area contributed by atoms with Crippen molar-refractivity contribution >= 4 is 28.4 Å². The lowest BCUT2D eigenvalue weighted by Crippen LogP contribution is -2.38. The van der Waals surface area contributed by atoms with Crippen molar-refractivity contribution in [3.63, 3.8) is 0 Å². The molecule has 32 heavy (non-hydrogen) atoms. The summed E-state index contributed by atoms with van der Waals surface area (Å²) in [5.74, 6) is 1.32. The van der Waals surface area contributed by atoms with Crippen LogP contribution in [0.25, 0.3) is 10.9 Å². The first-order valence-electron chi connectivity index (χ1n) is 10.9. The molecule has 1 fully saturated rings. The highest BCUT2D eigenvalue weighted by Gasteiger charge is 2.22. The number of rotatable bonds is 4. The van der Waals surface area contributed by atoms with Gasteiger partial charge in [0.15, 0.2) is 0 Å². The van der Waals surface area contributed by atoms with Crippen LogP contribution in [0, 0.1) is 11.3 Å². The number of nitriles is 1. The summed E-state index contributed by atoms with van der Waals surface area (Å²) in [4.78, 5) is 21.6. The number of aromatic nitrogens is 1. The average Bonchev–Trinajstić information content (AvgIpc) is 3.09. The quantitative estimate of drug-likeness (QED) is 0.664. The minimum atomic E-state index is -0.157. The van der Waals surface area contributed by atoms with Crippen LogP contribution in [-0.4, -0.2) is 49.2 Å². The zero-order chi connectivity index (χ0) is 22.5. The van der Waals surface area contributed by atoms with Crippen LogP contribution in [0.2, 0.25) is 0 Å². The minimum absolute atomic E-state index is 0.157. The van der Waals surface area contributed by atoms with E-state index in [9.17, 15) is 10.1 Å². The van der Waals surface area contributed by atoms with E-state index in [1.54, 1.807) is 12.0 Å². The average molecular weight is 430 g/mol. The van der Waals surface area contributed by atoms with E-state index in [0.29, 0.717) is 42.5 Å². The van der Waals surface area contributed by atoms with E-state index in [1.807, 2.05) is 36.4 Å². The second-order valence-electron chi connectivity index (χ2n) is 7.81. The fourth-order valence-electron chi connectivity index (χ4n) is 4.03. The van der Waals surface area contributed by atoms with Crippen LogP contribution < -0.4 is 15.0 Å². The number of amides is 2. The fraction of sp³-hybridized carbons (Fsp3) is 0.320. The highest BCUT2D eigenvalue weighted by molar-refractivity contribution is 5.91. The molecule has 2 heterocycles. The van der Waals surface area contributed by atoms with Gasteiger partial charge in [0, 0.05) is 31.6 Å². The summed E-state index contributed by atoms with van der Waals surface area (Å²) in [7, 11) is 1.58. The zero-order valence-corrected chi connectivity index (χ0v) is 18.5. The Kier molecular flexibility index (Phi) is 6.41. The first kappa shape index (κ1) is 21.4. The molecule has 1 aliphatic heterocycles. The maximum Gasteiger partial charge on any atom is 0.322 e. The Morgan fingerprint density at radius 1 is 1.16 bits per heavy atom. The van der Waals surface area contributed by atoms with Gasteiger partial charge in [-0.1, -0.05) is 25.1 Å². The van der Waals surface area contributed by atoms with Gasteiger partial charge in [0.25, 0.3) is 0 Å². The first-order valence-corrected chi connectivity index (χ1v) is 10.9. The fourth-order valence-corrected chi connectivity index (χ4v) is 4.03. The Balaban J connectivity index is 1.51. The summed E-state index contributed by atoms with van der Waals surface area (Å²) in [5.41, 5.74) is 3.32. The zero-order valence-electron chi connectivity index (χ0n) is 18.5. The lowest BCUT2D eigenvalue weighted by atomic mass is 10.1. The van der Waals surface area contributed by atoms with Gasteiger partial charge in [-0.3, -0.25) is 0 Å². The lowest BCUT2D eigenvalue weighted by molar-refractivity contribution is 0.215. The van der Waals surface area contributed by atoms with Gasteiger partial charge in [-0.2, -0.15) is 5.26 Å². The molecular formula is C25H27N5O2. The van der Waals surface area contributed by atoms with Crippen molar-refractivity contribution in [2.24, 2.45) is 0 Å². The molecule has 1 saturated heterocycles. The normalized spacial score (nSPS) is 14.0. The molecule has 7 nitrogen and oxygen atoms in total. The number of fused-ring (bicyclic) bond motifs is 1. The number of nitrogens with zero attached hydrogens (tertiary/aromatic N) is 4. The van der Waals surface area contributed by atoms with Crippen LogP contribution in [0.1, 0.15) is 24.5 Å². The Labute approximate surface area is 188 Å². The Morgan fingerprint density at radius 3 is 2.78 bits per heavy atom. The molecule has 1 aromatic heterocycles. The molecule has 2 aromatic carbocycles. The number of pyridine rings is 1. The predicted octanol–water partition coefficient (Wildman–Crippen LogP) is 4.42. The number of methoxy groups -OCH3 is 1. The van der Waals surface area contributed by atoms with E-state index in [2.05, 4.69) is 35.3 Å². The topological polar surface area (TPSA) is 81.5 Å². The maximum absolute atomic E-state index is 12.9. The number of benzene rings is 2. The number of aryl methyl sites for hydroxylation is 1. The Morgan fingerprint density at radius 2 is 2.00 bits per heavy atom. The third kappa shape index (κ3) is 4.45. The predicted molar refractivity (Wildman–Crippen MR) is 126 cm³/mol. The summed E-state index contributed by atoms with van der Waals surface area (Å²) < 4.78 is 5.33. The summed E-state index contributed by atoms with van der Waals surface area (Å²) in [6.45, 7) is 4.63. The number of anilines is 2. The van der Waals surface area contributed by atoms with Gasteiger partial charge in [-0.05, 0) is 48.7 Å². The van der Waals surface area contributed by atoms with E-state index in [1.165, 1.54) is 5.56 Å². The van der Waals surface area contributed by atoms with Crippen LogP contribution in [-0.2, 0) is 6.42 Å². The third-order valence-corrected chi connectivity index (χ3v) is 5.82. The summed E-state index contributed by atoms with van der Waals surface area (Å²) >= 11 is 0. The van der Waals surface area contributed by atoms with E-state index in [4.69, 9.17) is 9.72 Å². The van der Waals surface area contributed by atoms with Crippen LogP contribution in [0.5, 0.6) is 5.75 Å². The van der Waals surface area contributed by atoms with Gasteiger partial charge in [0.2, 0.25) is 0 Å². The second kappa shape index (κ2) is 9.56. The summed E-state index contributed by atoms with van der Waals surface area (Å²) in [5, 5.41) is 13.7. The number of nitrogens with one attached hydrogen (secondary N) is 1.